The van der Waals surface area contributed by atoms with Crippen molar-refractivity contribution < 1.29 is 9.53 Å². The zero-order chi connectivity index (χ0) is 16.1. The van der Waals surface area contributed by atoms with Crippen molar-refractivity contribution >= 4 is 17.4 Å². The maximum atomic E-state index is 12.2. The SMILES string of the molecule is C[C@H](c1ccsc1)N1CCN(C(=O)NCC[C@@H]2CCCO2)CC1. The summed E-state index contributed by atoms with van der Waals surface area (Å²) in [5.74, 6) is 0. The van der Waals surface area contributed by atoms with Gasteiger partial charge in [0.25, 0.3) is 0 Å². The van der Waals surface area contributed by atoms with Crippen molar-refractivity contribution in [1.82, 2.24) is 15.1 Å². The molecule has 23 heavy (non-hydrogen) atoms. The van der Waals surface area contributed by atoms with Gasteiger partial charge in [-0.2, -0.15) is 11.3 Å². The monoisotopic (exact) mass is 337 g/mol. The van der Waals surface area contributed by atoms with E-state index in [0.29, 0.717) is 12.1 Å². The van der Waals surface area contributed by atoms with E-state index in [-0.39, 0.29) is 6.03 Å². The maximum Gasteiger partial charge on any atom is 0.317 e. The molecule has 1 N–H and O–H groups in total. The zero-order valence-corrected chi connectivity index (χ0v) is 14.7. The number of thiophene rings is 1. The highest BCUT2D eigenvalue weighted by Gasteiger charge is 2.25. The van der Waals surface area contributed by atoms with E-state index in [1.54, 1.807) is 11.3 Å². The number of hydrogen-bond donors (Lipinski definition) is 1. The third-order valence-electron chi connectivity index (χ3n) is 4.94. The fraction of sp³-hybridized carbons (Fsp3) is 0.706. The molecule has 0 aromatic carbocycles. The fourth-order valence-electron chi connectivity index (χ4n) is 3.36. The molecule has 2 aliphatic rings. The highest BCUT2D eigenvalue weighted by atomic mass is 32.1. The summed E-state index contributed by atoms with van der Waals surface area (Å²) >= 11 is 1.75. The van der Waals surface area contributed by atoms with Gasteiger partial charge >= 0.3 is 6.03 Å². The van der Waals surface area contributed by atoms with Crippen LogP contribution in [0.4, 0.5) is 4.79 Å². The number of amides is 2. The predicted molar refractivity (Wildman–Crippen MR) is 92.9 cm³/mol. The molecule has 1 aromatic heterocycles. The highest BCUT2D eigenvalue weighted by Crippen LogP contribution is 2.23. The number of urea groups is 1. The lowest BCUT2D eigenvalue weighted by molar-refractivity contribution is 0.100. The van der Waals surface area contributed by atoms with E-state index in [1.165, 1.54) is 5.56 Å². The van der Waals surface area contributed by atoms with Crippen LogP contribution in [0.2, 0.25) is 0 Å². The second-order valence-electron chi connectivity index (χ2n) is 6.41. The summed E-state index contributed by atoms with van der Waals surface area (Å²) in [5, 5.41) is 7.39. The number of carbonyl (C=O) groups is 1. The lowest BCUT2D eigenvalue weighted by Gasteiger charge is -2.37. The normalized spacial score (nSPS) is 23.9. The maximum absolute atomic E-state index is 12.2. The molecule has 3 heterocycles. The molecule has 1 aromatic rings. The second kappa shape index (κ2) is 8.13. The minimum absolute atomic E-state index is 0.0748. The average molecular weight is 337 g/mol. The molecule has 0 radical (unpaired) electrons. The van der Waals surface area contributed by atoms with Crippen LogP contribution in [-0.4, -0.2) is 61.3 Å². The number of piperazine rings is 1. The van der Waals surface area contributed by atoms with Gasteiger partial charge < -0.3 is 15.0 Å². The molecule has 2 saturated heterocycles. The van der Waals surface area contributed by atoms with Gasteiger partial charge in [-0.1, -0.05) is 0 Å². The minimum atomic E-state index is 0.0748. The van der Waals surface area contributed by atoms with Gasteiger partial charge in [-0.3, -0.25) is 4.90 Å². The first-order valence-corrected chi connectivity index (χ1v) is 9.59. The van der Waals surface area contributed by atoms with Gasteiger partial charge in [-0.15, -0.1) is 0 Å². The Morgan fingerprint density at radius 2 is 2.26 bits per heavy atom. The summed E-state index contributed by atoms with van der Waals surface area (Å²) in [6, 6.07) is 2.70. The second-order valence-corrected chi connectivity index (χ2v) is 7.19. The summed E-state index contributed by atoms with van der Waals surface area (Å²) in [5.41, 5.74) is 1.38. The molecular formula is C17H27N3O2S. The molecule has 2 amide bonds. The number of rotatable bonds is 5. The summed E-state index contributed by atoms with van der Waals surface area (Å²) in [4.78, 5) is 16.6. The van der Waals surface area contributed by atoms with Crippen LogP contribution < -0.4 is 5.32 Å². The summed E-state index contributed by atoms with van der Waals surface area (Å²) in [6.45, 7) is 7.34. The Morgan fingerprint density at radius 3 is 2.91 bits per heavy atom. The van der Waals surface area contributed by atoms with Gasteiger partial charge in [0.2, 0.25) is 0 Å². The van der Waals surface area contributed by atoms with Gasteiger partial charge in [-0.25, -0.2) is 4.79 Å². The van der Waals surface area contributed by atoms with Crippen LogP contribution in [0.1, 0.15) is 37.8 Å². The van der Waals surface area contributed by atoms with Gasteiger partial charge in [-0.05, 0) is 48.6 Å². The Balaban J connectivity index is 1.37. The van der Waals surface area contributed by atoms with Crippen molar-refractivity contribution in [3.63, 3.8) is 0 Å². The van der Waals surface area contributed by atoms with Crippen LogP contribution in [0, 0.1) is 0 Å². The van der Waals surface area contributed by atoms with E-state index in [0.717, 1.165) is 58.6 Å². The van der Waals surface area contributed by atoms with Crippen molar-refractivity contribution in [2.45, 2.75) is 38.3 Å². The van der Waals surface area contributed by atoms with Crippen molar-refractivity contribution in [3.05, 3.63) is 22.4 Å². The molecule has 0 unspecified atom stereocenters. The number of ether oxygens (including phenoxy) is 1. The van der Waals surface area contributed by atoms with Crippen molar-refractivity contribution in [3.8, 4) is 0 Å². The third-order valence-corrected chi connectivity index (χ3v) is 5.64. The molecule has 128 valence electrons. The largest absolute Gasteiger partial charge is 0.378 e. The third kappa shape index (κ3) is 4.46. The van der Waals surface area contributed by atoms with E-state index in [4.69, 9.17) is 4.74 Å². The van der Waals surface area contributed by atoms with Crippen LogP contribution in [-0.2, 0) is 4.74 Å². The molecular weight excluding hydrogens is 310 g/mol. The number of nitrogens with zero attached hydrogens (tertiary/aromatic N) is 2. The van der Waals surface area contributed by atoms with E-state index >= 15 is 0 Å². The molecule has 5 nitrogen and oxygen atoms in total. The van der Waals surface area contributed by atoms with E-state index < -0.39 is 0 Å². The highest BCUT2D eigenvalue weighted by molar-refractivity contribution is 7.07. The van der Waals surface area contributed by atoms with Gasteiger partial charge in [0, 0.05) is 45.4 Å². The van der Waals surface area contributed by atoms with Crippen LogP contribution in [0.25, 0.3) is 0 Å². The molecule has 3 rings (SSSR count). The number of hydrogen-bond acceptors (Lipinski definition) is 4. The first kappa shape index (κ1) is 16.7. The minimum Gasteiger partial charge on any atom is -0.378 e. The van der Waals surface area contributed by atoms with Crippen LogP contribution >= 0.6 is 11.3 Å². The molecule has 0 spiro atoms. The Hall–Kier alpha value is -1.11. The Kier molecular flexibility index (Phi) is 5.91. The molecule has 0 saturated carbocycles. The van der Waals surface area contributed by atoms with E-state index in [2.05, 4.69) is 34.0 Å². The van der Waals surface area contributed by atoms with E-state index in [1.807, 2.05) is 4.90 Å². The summed E-state index contributed by atoms with van der Waals surface area (Å²) < 4.78 is 5.59. The van der Waals surface area contributed by atoms with Crippen molar-refractivity contribution in [1.29, 1.82) is 0 Å². The molecule has 2 fully saturated rings. The smallest absolute Gasteiger partial charge is 0.317 e. The molecule has 2 atom stereocenters. The Bertz CT molecular complexity index is 480. The lowest BCUT2D eigenvalue weighted by Crippen LogP contribution is -2.52. The van der Waals surface area contributed by atoms with Crippen molar-refractivity contribution in [2.24, 2.45) is 0 Å². The van der Waals surface area contributed by atoms with Gasteiger partial charge in [0.15, 0.2) is 0 Å². The average Bonchev–Trinajstić information content (AvgIpc) is 3.28. The topological polar surface area (TPSA) is 44.8 Å². The first-order valence-electron chi connectivity index (χ1n) is 8.64. The van der Waals surface area contributed by atoms with E-state index in [9.17, 15) is 4.79 Å². The van der Waals surface area contributed by atoms with Crippen LogP contribution in [0.5, 0.6) is 0 Å². The summed E-state index contributed by atoms with van der Waals surface area (Å²) in [7, 11) is 0. The summed E-state index contributed by atoms with van der Waals surface area (Å²) in [6.07, 6.45) is 3.57. The first-order chi connectivity index (χ1) is 11.2. The van der Waals surface area contributed by atoms with Gasteiger partial charge in [0.1, 0.15) is 0 Å². The quantitative estimate of drug-likeness (QED) is 0.898. The Labute approximate surface area is 142 Å². The van der Waals surface area contributed by atoms with Crippen LogP contribution in [0.3, 0.4) is 0 Å². The lowest BCUT2D eigenvalue weighted by atomic mass is 10.1. The number of nitrogens with one attached hydrogen (secondary N) is 1. The molecule has 2 aliphatic heterocycles. The fourth-order valence-corrected chi connectivity index (χ4v) is 4.11. The zero-order valence-electron chi connectivity index (χ0n) is 13.9. The van der Waals surface area contributed by atoms with Crippen LogP contribution in [0.15, 0.2) is 16.8 Å². The number of carbonyl (C=O) groups excluding carboxylic acids is 1. The molecule has 0 bridgehead atoms. The molecule has 0 aliphatic carbocycles. The Morgan fingerprint density at radius 1 is 1.43 bits per heavy atom. The predicted octanol–water partition coefficient (Wildman–Crippen LogP) is 2.71. The van der Waals surface area contributed by atoms with Gasteiger partial charge in [0.05, 0.1) is 6.10 Å². The molecule has 6 heteroatoms. The van der Waals surface area contributed by atoms with Crippen molar-refractivity contribution in [2.75, 3.05) is 39.3 Å². The standard InChI is InChI=1S/C17H27N3O2S/c1-14(15-5-12-23-13-15)19-7-9-20(10-8-19)17(21)18-6-4-16-3-2-11-22-16/h5,12-14,16H,2-4,6-11H2,1H3,(H,18,21)/t14-,16+/m1/s1.